The van der Waals surface area contributed by atoms with Gasteiger partial charge < -0.3 is 5.32 Å². The van der Waals surface area contributed by atoms with E-state index in [2.05, 4.69) is 31.2 Å². The van der Waals surface area contributed by atoms with Crippen LogP contribution in [0.3, 0.4) is 0 Å². The number of nitrogens with one attached hydrogen (secondary N) is 1. The van der Waals surface area contributed by atoms with Crippen molar-refractivity contribution in [2.75, 3.05) is 5.32 Å². The monoisotopic (exact) mass is 341 g/mol. The number of hydrogen-bond acceptors (Lipinski definition) is 3. The molecule has 1 heterocycles. The van der Waals surface area contributed by atoms with Crippen molar-refractivity contribution in [2.45, 2.75) is 5.33 Å². The van der Waals surface area contributed by atoms with Crippen molar-refractivity contribution >= 4 is 38.6 Å². The van der Waals surface area contributed by atoms with Crippen LogP contribution in [0.25, 0.3) is 11.0 Å². The highest BCUT2D eigenvalue weighted by Crippen LogP contribution is 2.16. The topological polar surface area (TPSA) is 54.9 Å². The lowest BCUT2D eigenvalue weighted by Gasteiger charge is -2.07. The first-order chi connectivity index (χ1) is 10.3. The molecule has 1 aromatic heterocycles. The summed E-state index contributed by atoms with van der Waals surface area (Å²) >= 11 is 3.40. The molecule has 3 rings (SSSR count). The van der Waals surface area contributed by atoms with Crippen LogP contribution < -0.4 is 5.32 Å². The molecule has 0 unspecified atom stereocenters. The standard InChI is InChI=1S/C16H12BrN3O/c17-10-11-2-1-3-13(8-11)20-16(21)12-4-5-14-15(9-12)19-7-6-18-14/h1-9H,10H2,(H,20,21). The van der Waals surface area contributed by atoms with Crippen LogP contribution in [0.2, 0.25) is 0 Å². The fourth-order valence-corrected chi connectivity index (χ4v) is 2.39. The van der Waals surface area contributed by atoms with Gasteiger partial charge in [0, 0.05) is 29.0 Å². The molecule has 0 bridgehead atoms. The van der Waals surface area contributed by atoms with Crippen molar-refractivity contribution in [1.82, 2.24) is 9.97 Å². The molecule has 5 heteroatoms. The Hall–Kier alpha value is -2.27. The summed E-state index contributed by atoms with van der Waals surface area (Å²) in [6.45, 7) is 0. The van der Waals surface area contributed by atoms with E-state index in [4.69, 9.17) is 0 Å². The minimum Gasteiger partial charge on any atom is -0.322 e. The number of nitrogens with zero attached hydrogens (tertiary/aromatic N) is 2. The maximum absolute atomic E-state index is 12.3. The van der Waals surface area contributed by atoms with Gasteiger partial charge in [-0.2, -0.15) is 0 Å². The molecule has 3 aromatic rings. The Balaban J connectivity index is 1.86. The van der Waals surface area contributed by atoms with E-state index in [1.807, 2.05) is 24.3 Å². The maximum Gasteiger partial charge on any atom is 0.255 e. The molecule has 0 saturated carbocycles. The lowest BCUT2D eigenvalue weighted by molar-refractivity contribution is 0.102. The predicted molar refractivity (Wildman–Crippen MR) is 86.6 cm³/mol. The van der Waals surface area contributed by atoms with E-state index in [-0.39, 0.29) is 5.91 Å². The quantitative estimate of drug-likeness (QED) is 0.737. The molecule has 2 aromatic carbocycles. The summed E-state index contributed by atoms with van der Waals surface area (Å²) in [6.07, 6.45) is 3.25. The average Bonchev–Trinajstić information content (AvgIpc) is 2.54. The Kier molecular flexibility index (Phi) is 3.92. The Morgan fingerprint density at radius 1 is 1.05 bits per heavy atom. The molecule has 0 fully saturated rings. The molecule has 0 radical (unpaired) electrons. The van der Waals surface area contributed by atoms with E-state index >= 15 is 0 Å². The van der Waals surface area contributed by atoms with Crippen molar-refractivity contribution in [2.24, 2.45) is 0 Å². The first kappa shape index (κ1) is 13.7. The number of halogens is 1. The Morgan fingerprint density at radius 3 is 2.67 bits per heavy atom. The zero-order valence-corrected chi connectivity index (χ0v) is 12.7. The number of hydrogen-bond donors (Lipinski definition) is 1. The van der Waals surface area contributed by atoms with Gasteiger partial charge in [-0.1, -0.05) is 28.1 Å². The van der Waals surface area contributed by atoms with Crippen LogP contribution in [0, 0.1) is 0 Å². The summed E-state index contributed by atoms with van der Waals surface area (Å²) in [5.74, 6) is -0.158. The van der Waals surface area contributed by atoms with Crippen LogP contribution >= 0.6 is 15.9 Å². The van der Waals surface area contributed by atoms with Crippen LogP contribution in [0.15, 0.2) is 54.9 Å². The third kappa shape index (κ3) is 3.08. The highest BCUT2D eigenvalue weighted by molar-refractivity contribution is 9.08. The second-order valence-corrected chi connectivity index (χ2v) is 5.11. The van der Waals surface area contributed by atoms with Gasteiger partial charge in [0.1, 0.15) is 0 Å². The number of rotatable bonds is 3. The average molecular weight is 342 g/mol. The molecule has 0 saturated heterocycles. The second-order valence-electron chi connectivity index (χ2n) is 4.55. The lowest BCUT2D eigenvalue weighted by Crippen LogP contribution is -2.12. The summed E-state index contributed by atoms with van der Waals surface area (Å²) in [7, 11) is 0. The van der Waals surface area contributed by atoms with E-state index in [0.717, 1.165) is 22.1 Å². The molecule has 1 N–H and O–H groups in total. The summed E-state index contributed by atoms with van der Waals surface area (Å²) < 4.78 is 0. The normalized spacial score (nSPS) is 10.5. The smallest absolute Gasteiger partial charge is 0.255 e. The molecule has 1 amide bonds. The van der Waals surface area contributed by atoms with E-state index in [0.29, 0.717) is 11.1 Å². The third-order valence-electron chi connectivity index (χ3n) is 3.07. The van der Waals surface area contributed by atoms with Gasteiger partial charge in [-0.3, -0.25) is 14.8 Å². The van der Waals surface area contributed by atoms with Crippen LogP contribution in [-0.4, -0.2) is 15.9 Å². The van der Waals surface area contributed by atoms with Gasteiger partial charge in [0.15, 0.2) is 0 Å². The minimum atomic E-state index is -0.158. The predicted octanol–water partition coefficient (Wildman–Crippen LogP) is 3.78. The lowest BCUT2D eigenvalue weighted by atomic mass is 10.1. The summed E-state index contributed by atoms with van der Waals surface area (Å²) in [5, 5.41) is 3.64. The third-order valence-corrected chi connectivity index (χ3v) is 3.72. The molecular formula is C16H12BrN3O. The van der Waals surface area contributed by atoms with Crippen LogP contribution in [0.5, 0.6) is 0 Å². The Bertz CT molecular complexity index is 804. The second kappa shape index (κ2) is 6.01. The maximum atomic E-state index is 12.3. The van der Waals surface area contributed by atoms with Gasteiger partial charge in [-0.15, -0.1) is 0 Å². The molecule has 0 aliphatic heterocycles. The molecule has 0 spiro atoms. The summed E-state index contributed by atoms with van der Waals surface area (Å²) in [4.78, 5) is 20.7. The summed E-state index contributed by atoms with van der Waals surface area (Å²) in [5.41, 5.74) is 3.93. The number of carbonyl (C=O) groups excluding carboxylic acids is 1. The van der Waals surface area contributed by atoms with E-state index < -0.39 is 0 Å². The van der Waals surface area contributed by atoms with Crippen molar-refractivity contribution in [3.8, 4) is 0 Å². The first-order valence-corrected chi connectivity index (χ1v) is 7.55. The van der Waals surface area contributed by atoms with Crippen molar-refractivity contribution < 1.29 is 4.79 Å². The number of amides is 1. The molecule has 0 aliphatic rings. The van der Waals surface area contributed by atoms with Gasteiger partial charge in [0.05, 0.1) is 11.0 Å². The number of alkyl halides is 1. The Labute approximate surface area is 130 Å². The number of aromatic nitrogens is 2. The minimum absolute atomic E-state index is 0.158. The van der Waals surface area contributed by atoms with E-state index in [9.17, 15) is 4.79 Å². The van der Waals surface area contributed by atoms with Crippen LogP contribution in [0.1, 0.15) is 15.9 Å². The molecule has 0 aliphatic carbocycles. The van der Waals surface area contributed by atoms with Gasteiger partial charge in [-0.25, -0.2) is 0 Å². The summed E-state index contributed by atoms with van der Waals surface area (Å²) in [6, 6.07) is 13.0. The number of anilines is 1. The van der Waals surface area contributed by atoms with Gasteiger partial charge in [-0.05, 0) is 35.9 Å². The fourth-order valence-electron chi connectivity index (χ4n) is 2.04. The largest absolute Gasteiger partial charge is 0.322 e. The van der Waals surface area contributed by atoms with Crippen molar-refractivity contribution in [3.05, 3.63) is 66.0 Å². The molecule has 4 nitrogen and oxygen atoms in total. The highest BCUT2D eigenvalue weighted by atomic mass is 79.9. The number of carbonyl (C=O) groups is 1. The van der Waals surface area contributed by atoms with Gasteiger partial charge in [0.25, 0.3) is 5.91 Å². The molecule has 21 heavy (non-hydrogen) atoms. The number of fused-ring (bicyclic) bond motifs is 1. The van der Waals surface area contributed by atoms with E-state index in [1.165, 1.54) is 0 Å². The zero-order valence-electron chi connectivity index (χ0n) is 11.1. The molecule has 0 atom stereocenters. The Morgan fingerprint density at radius 2 is 1.86 bits per heavy atom. The fraction of sp³-hybridized carbons (Fsp3) is 0.0625. The SMILES string of the molecule is O=C(Nc1cccc(CBr)c1)c1ccc2nccnc2c1. The molecule has 104 valence electrons. The molecular weight excluding hydrogens is 330 g/mol. The number of benzene rings is 2. The highest BCUT2D eigenvalue weighted by Gasteiger charge is 2.08. The van der Waals surface area contributed by atoms with Crippen molar-refractivity contribution in [1.29, 1.82) is 0 Å². The van der Waals surface area contributed by atoms with E-state index in [1.54, 1.807) is 30.6 Å². The van der Waals surface area contributed by atoms with Crippen LogP contribution in [-0.2, 0) is 5.33 Å². The van der Waals surface area contributed by atoms with Gasteiger partial charge in [0.2, 0.25) is 0 Å². The first-order valence-electron chi connectivity index (χ1n) is 6.43. The van der Waals surface area contributed by atoms with Gasteiger partial charge >= 0.3 is 0 Å². The van der Waals surface area contributed by atoms with Crippen LogP contribution in [0.4, 0.5) is 5.69 Å². The zero-order chi connectivity index (χ0) is 14.7. The van der Waals surface area contributed by atoms with Crippen molar-refractivity contribution in [3.63, 3.8) is 0 Å².